The van der Waals surface area contributed by atoms with E-state index in [1.54, 1.807) is 4.90 Å². The lowest BCUT2D eigenvalue weighted by Crippen LogP contribution is -2.42. The van der Waals surface area contributed by atoms with Crippen LogP contribution < -0.4 is 0 Å². The third-order valence-electron chi connectivity index (χ3n) is 3.53. The zero-order chi connectivity index (χ0) is 14.0. The first-order chi connectivity index (χ1) is 8.97. The lowest BCUT2D eigenvalue weighted by Gasteiger charge is -2.30. The van der Waals surface area contributed by atoms with Gasteiger partial charge in [0.2, 0.25) is 0 Å². The number of carbonyl (C=O) groups is 2. The van der Waals surface area contributed by atoms with Gasteiger partial charge in [0.15, 0.2) is 0 Å². The number of carboxylic acids is 1. The van der Waals surface area contributed by atoms with Gasteiger partial charge in [0, 0.05) is 18.7 Å². The number of benzene rings is 1. The molecule has 19 heavy (non-hydrogen) atoms. The highest BCUT2D eigenvalue weighted by molar-refractivity contribution is 5.95. The van der Waals surface area contributed by atoms with Gasteiger partial charge in [0.25, 0.3) is 5.91 Å². The molecule has 1 saturated heterocycles. The number of rotatable bonds is 2. The normalized spacial score (nSPS) is 19.3. The van der Waals surface area contributed by atoms with Gasteiger partial charge in [-0.25, -0.2) is 0 Å². The Bertz CT molecular complexity index is 490. The quantitative estimate of drug-likeness (QED) is 0.888. The number of carbonyl (C=O) groups excluding carboxylic acids is 1. The molecule has 1 aliphatic heterocycles. The van der Waals surface area contributed by atoms with Gasteiger partial charge in [-0.3, -0.25) is 9.59 Å². The third-order valence-corrected chi connectivity index (χ3v) is 3.53. The summed E-state index contributed by atoms with van der Waals surface area (Å²) < 4.78 is 0. The summed E-state index contributed by atoms with van der Waals surface area (Å²) in [6.07, 6.45) is 1.42. The predicted octanol–water partition coefficient (Wildman–Crippen LogP) is 2.24. The fraction of sp³-hybridized carbons (Fsp3) is 0.467. The van der Waals surface area contributed by atoms with E-state index in [1.165, 1.54) is 0 Å². The van der Waals surface area contributed by atoms with E-state index < -0.39 is 11.9 Å². The van der Waals surface area contributed by atoms with Crippen molar-refractivity contribution in [2.75, 3.05) is 13.1 Å². The van der Waals surface area contributed by atoms with Crippen LogP contribution in [0.2, 0.25) is 0 Å². The van der Waals surface area contributed by atoms with Crippen molar-refractivity contribution in [3.8, 4) is 0 Å². The Morgan fingerprint density at radius 2 is 1.84 bits per heavy atom. The molecule has 1 N–H and O–H groups in total. The van der Waals surface area contributed by atoms with Gasteiger partial charge in [-0.1, -0.05) is 17.2 Å². The maximum Gasteiger partial charge on any atom is 0.308 e. The van der Waals surface area contributed by atoms with E-state index in [2.05, 4.69) is 0 Å². The van der Waals surface area contributed by atoms with Crippen LogP contribution in [-0.2, 0) is 4.79 Å². The number of hydrogen-bond acceptors (Lipinski definition) is 2. The molecule has 1 amide bonds. The molecular formula is C15H19NO3. The minimum absolute atomic E-state index is 0.0576. The third kappa shape index (κ3) is 3.13. The first-order valence-electron chi connectivity index (χ1n) is 6.58. The van der Waals surface area contributed by atoms with Crippen LogP contribution in [0, 0.1) is 19.8 Å². The topological polar surface area (TPSA) is 57.6 Å². The lowest BCUT2D eigenvalue weighted by molar-refractivity contribution is -0.143. The number of nitrogens with zero attached hydrogens (tertiary/aromatic N) is 1. The molecule has 0 spiro atoms. The van der Waals surface area contributed by atoms with Crippen molar-refractivity contribution in [2.45, 2.75) is 26.7 Å². The van der Waals surface area contributed by atoms with Crippen molar-refractivity contribution < 1.29 is 14.7 Å². The number of amides is 1. The molecule has 1 aromatic carbocycles. The number of likely N-dealkylation sites (tertiary alicyclic amines) is 1. The number of aliphatic carboxylic acids is 1. The summed E-state index contributed by atoms with van der Waals surface area (Å²) >= 11 is 0. The first kappa shape index (κ1) is 13.6. The highest BCUT2D eigenvalue weighted by Gasteiger charge is 2.28. The summed E-state index contributed by atoms with van der Waals surface area (Å²) in [4.78, 5) is 25.1. The molecule has 0 bridgehead atoms. The van der Waals surface area contributed by atoms with Crippen molar-refractivity contribution in [2.24, 2.45) is 5.92 Å². The van der Waals surface area contributed by atoms with Crippen molar-refractivity contribution in [1.82, 2.24) is 4.90 Å². The van der Waals surface area contributed by atoms with E-state index in [0.717, 1.165) is 17.5 Å². The molecule has 4 heteroatoms. The predicted molar refractivity (Wildman–Crippen MR) is 72.2 cm³/mol. The molecule has 0 saturated carbocycles. The van der Waals surface area contributed by atoms with Gasteiger partial charge < -0.3 is 10.0 Å². The van der Waals surface area contributed by atoms with Crippen LogP contribution >= 0.6 is 0 Å². The van der Waals surface area contributed by atoms with Crippen molar-refractivity contribution >= 4 is 11.9 Å². The first-order valence-corrected chi connectivity index (χ1v) is 6.58. The Morgan fingerprint density at radius 1 is 1.21 bits per heavy atom. The Labute approximate surface area is 113 Å². The van der Waals surface area contributed by atoms with Crippen LogP contribution in [-0.4, -0.2) is 35.0 Å². The second-order valence-electron chi connectivity index (χ2n) is 5.30. The summed E-state index contributed by atoms with van der Waals surface area (Å²) in [6, 6.07) is 5.74. The molecular weight excluding hydrogens is 242 g/mol. The molecule has 4 nitrogen and oxygen atoms in total. The molecule has 102 valence electrons. The fourth-order valence-corrected chi connectivity index (χ4v) is 2.64. The highest BCUT2D eigenvalue weighted by atomic mass is 16.4. The zero-order valence-corrected chi connectivity index (χ0v) is 11.3. The average molecular weight is 261 g/mol. The van der Waals surface area contributed by atoms with Gasteiger partial charge in [0.05, 0.1) is 5.92 Å². The highest BCUT2D eigenvalue weighted by Crippen LogP contribution is 2.19. The van der Waals surface area contributed by atoms with Crippen molar-refractivity contribution in [1.29, 1.82) is 0 Å². The van der Waals surface area contributed by atoms with E-state index in [9.17, 15) is 9.59 Å². The van der Waals surface area contributed by atoms with E-state index in [4.69, 9.17) is 5.11 Å². The van der Waals surface area contributed by atoms with E-state index >= 15 is 0 Å². The smallest absolute Gasteiger partial charge is 0.308 e. The fourth-order valence-electron chi connectivity index (χ4n) is 2.64. The standard InChI is InChI=1S/C15H19NO3/c1-10-6-11(2)8-13(7-10)14(17)16-5-3-4-12(9-16)15(18)19/h6-8,12H,3-5,9H2,1-2H3,(H,18,19). The van der Waals surface area contributed by atoms with E-state index in [1.807, 2.05) is 32.0 Å². The van der Waals surface area contributed by atoms with Crippen LogP contribution in [0.3, 0.4) is 0 Å². The van der Waals surface area contributed by atoms with Gasteiger partial charge in [-0.2, -0.15) is 0 Å². The molecule has 1 unspecified atom stereocenters. The van der Waals surface area contributed by atoms with Crippen molar-refractivity contribution in [3.63, 3.8) is 0 Å². The zero-order valence-electron chi connectivity index (χ0n) is 11.3. The second-order valence-corrected chi connectivity index (χ2v) is 5.30. The van der Waals surface area contributed by atoms with Gasteiger partial charge in [-0.05, 0) is 38.8 Å². The summed E-state index contributed by atoms with van der Waals surface area (Å²) in [5.41, 5.74) is 2.76. The minimum atomic E-state index is -0.807. The molecule has 1 fully saturated rings. The van der Waals surface area contributed by atoms with E-state index in [-0.39, 0.29) is 5.91 Å². The van der Waals surface area contributed by atoms with Crippen LogP contribution in [0.5, 0.6) is 0 Å². The molecule has 1 atom stereocenters. The molecule has 1 heterocycles. The maximum atomic E-state index is 12.4. The van der Waals surface area contributed by atoms with Crippen LogP contribution in [0.25, 0.3) is 0 Å². The Balaban J connectivity index is 2.16. The monoisotopic (exact) mass is 261 g/mol. The van der Waals surface area contributed by atoms with Crippen LogP contribution in [0.4, 0.5) is 0 Å². The number of carboxylic acid groups (broad SMARTS) is 1. The molecule has 1 aromatic rings. The Kier molecular flexibility index (Phi) is 3.88. The summed E-state index contributed by atoms with van der Waals surface area (Å²) in [6.45, 7) is 4.89. The lowest BCUT2D eigenvalue weighted by atomic mass is 9.97. The van der Waals surface area contributed by atoms with Crippen LogP contribution in [0.1, 0.15) is 34.3 Å². The number of piperidine rings is 1. The van der Waals surface area contributed by atoms with E-state index in [0.29, 0.717) is 25.1 Å². The second kappa shape index (κ2) is 5.43. The summed E-state index contributed by atoms with van der Waals surface area (Å²) in [7, 11) is 0. The van der Waals surface area contributed by atoms with Gasteiger partial charge >= 0.3 is 5.97 Å². The average Bonchev–Trinajstić information content (AvgIpc) is 2.37. The molecule has 0 aliphatic carbocycles. The summed E-state index contributed by atoms with van der Waals surface area (Å²) in [5.74, 6) is -1.29. The molecule has 1 aliphatic rings. The van der Waals surface area contributed by atoms with Gasteiger partial charge in [-0.15, -0.1) is 0 Å². The van der Waals surface area contributed by atoms with Crippen LogP contribution in [0.15, 0.2) is 18.2 Å². The maximum absolute atomic E-state index is 12.4. The molecule has 0 aromatic heterocycles. The summed E-state index contributed by atoms with van der Waals surface area (Å²) in [5, 5.41) is 9.06. The molecule has 0 radical (unpaired) electrons. The SMILES string of the molecule is Cc1cc(C)cc(C(=O)N2CCCC(C(=O)O)C2)c1. The number of hydrogen-bond donors (Lipinski definition) is 1. The van der Waals surface area contributed by atoms with Crippen molar-refractivity contribution in [3.05, 3.63) is 34.9 Å². The minimum Gasteiger partial charge on any atom is -0.481 e. The Morgan fingerprint density at radius 3 is 2.42 bits per heavy atom. The number of aryl methyl sites for hydroxylation is 2. The van der Waals surface area contributed by atoms with Gasteiger partial charge in [0.1, 0.15) is 0 Å². The Hall–Kier alpha value is -1.84. The molecule has 2 rings (SSSR count). The largest absolute Gasteiger partial charge is 0.481 e.